The van der Waals surface area contributed by atoms with Crippen molar-refractivity contribution in [2.24, 2.45) is 41.4 Å². The third kappa shape index (κ3) is 27.3. The van der Waals surface area contributed by atoms with E-state index in [0.717, 1.165) is 25.9 Å². The van der Waals surface area contributed by atoms with E-state index in [9.17, 15) is 60.3 Å². The fraction of sp³-hybridized carbons (Fsp3) is 0.965. The van der Waals surface area contributed by atoms with Crippen LogP contribution in [0.3, 0.4) is 0 Å². The lowest BCUT2D eigenvalue weighted by Gasteiger charge is -2.50. The number of carbonyl (C=O) groups excluding carboxylic acids is 3. The first-order valence-corrected chi connectivity index (χ1v) is 43.5. The topological polar surface area (TPSA) is 428 Å². The van der Waals surface area contributed by atoms with E-state index in [0.29, 0.717) is 19.4 Å². The number of hydrogen-bond donors (Lipinski definition) is 13. The second-order valence-corrected chi connectivity index (χ2v) is 37.3. The summed E-state index contributed by atoms with van der Waals surface area (Å²) in [7, 11) is 13.9. The highest BCUT2D eigenvalue weighted by Crippen LogP contribution is 2.45. The summed E-state index contributed by atoms with van der Waals surface area (Å²) in [5.41, 5.74) is -8.62. The van der Waals surface area contributed by atoms with E-state index >= 15 is 0 Å². The minimum atomic E-state index is -1.96. The Morgan fingerprint density at radius 1 is 0.500 bits per heavy atom. The first-order valence-electron chi connectivity index (χ1n) is 43.5. The smallest absolute Gasteiger partial charge is 0.311 e. The van der Waals surface area contributed by atoms with Crippen LogP contribution in [0.25, 0.3) is 0 Å². The highest BCUT2D eigenvalue weighted by Gasteiger charge is 2.57. The number of methoxy groups -OCH3 is 3. The van der Waals surface area contributed by atoms with Gasteiger partial charge in [-0.1, -0.05) is 62.3 Å². The molecule has 6 aliphatic rings. The standard InChI is InChI=1S/C38H72N2O12.C38H69NO13.C10H24N2O2/c1-15-27-38(10,46)31(42)24(6)40(13)19-20(2)17-36(8,45)33(52-35-29(41)26(39(11)12)16-21(3)48-35)22(4)30(23(5)34(44)50-27)51-28-18-37(9,47-14)32(43)25(7)49-28;1-15-26-38(10,45)31(42)21(4)28(40)19(2)17-37(9,47-14)33(52-35-29(41)25(39(11)12)16-20(3)48-35)22(5)30(23(6)34(44)50-26)51-27-18-36(8,46-13)32(43)24(7)49-27;1-3-9(7-13)11-5-6-12-10(4-2)8-14/h20-33,35,41-43,45-46H,15-19H2,1-14H3;19-27,29-33,35,41-43,45H,15-18H2,1-14H3;9-14H,3-8H2,1-2H3/t20-,21-,22+,23-,24-,25+,26+,27-,28+,29-,30+,31-,32+,33-,35+,36-,37-,38-;19-,20-,21+,22+,23-,24+,25+,26-,27+,29-,30+,31-,32+,33-,35+,36-,37-,38-;/m11./s1. The van der Waals surface area contributed by atoms with E-state index in [-0.39, 0.29) is 99.8 Å². The average Bonchev–Trinajstić information content (AvgIpc) is 0.972. The van der Waals surface area contributed by atoms with Crippen molar-refractivity contribution in [2.75, 3.05) is 89.4 Å². The van der Waals surface area contributed by atoms with Crippen LogP contribution in [0.15, 0.2) is 0 Å². The maximum absolute atomic E-state index is 14.2. The van der Waals surface area contributed by atoms with Crippen molar-refractivity contribution in [3.8, 4) is 0 Å². The second kappa shape index (κ2) is 46.8. The van der Waals surface area contributed by atoms with E-state index in [1.165, 1.54) is 35.2 Å². The molecule has 0 amide bonds. The van der Waals surface area contributed by atoms with E-state index < -0.39 is 198 Å². The Morgan fingerprint density at radius 3 is 1.23 bits per heavy atom. The van der Waals surface area contributed by atoms with Crippen molar-refractivity contribution < 1.29 is 132 Å². The lowest BCUT2D eigenvalue weighted by molar-refractivity contribution is -0.319. The molecule has 0 saturated carbocycles. The monoisotopic (exact) mass is 1700 g/mol. The predicted octanol–water partition coefficient (Wildman–Crippen LogP) is 4.05. The van der Waals surface area contributed by atoms with Crippen molar-refractivity contribution in [2.45, 2.75) is 403 Å². The number of nitrogens with zero attached hydrogens (tertiary/aromatic N) is 3. The van der Waals surface area contributed by atoms with Gasteiger partial charge in [0.2, 0.25) is 0 Å². The Balaban J connectivity index is 0.000000426. The highest BCUT2D eigenvalue weighted by molar-refractivity contribution is 5.83. The van der Waals surface area contributed by atoms with Crippen LogP contribution < -0.4 is 10.6 Å². The molecule has 6 saturated heterocycles. The summed E-state index contributed by atoms with van der Waals surface area (Å²) >= 11 is 0. The molecule has 0 aromatic heterocycles. The van der Waals surface area contributed by atoms with Crippen molar-refractivity contribution in [1.82, 2.24) is 25.3 Å². The molecule has 0 aromatic rings. The summed E-state index contributed by atoms with van der Waals surface area (Å²) in [6.07, 6.45) is -15.0. The number of Topliss-reactive ketones (excluding diaryl/α,β-unsaturated/α-hetero) is 1. The number of ketones is 1. The lowest BCUT2D eigenvalue weighted by Crippen LogP contribution is -2.61. The van der Waals surface area contributed by atoms with E-state index in [1.807, 2.05) is 98.4 Å². The van der Waals surface area contributed by atoms with Crippen LogP contribution in [0.5, 0.6) is 0 Å². The number of rotatable bonds is 24. The Kier molecular flexibility index (Phi) is 42.8. The molecule has 0 spiro atoms. The number of likely N-dealkylation sites (N-methyl/N-ethyl adjacent to an activating group) is 3. The number of ether oxygens (including phenoxy) is 13. The largest absolute Gasteiger partial charge is 0.459 e. The molecule has 6 heterocycles. The van der Waals surface area contributed by atoms with Crippen LogP contribution in [0.2, 0.25) is 0 Å². The molecule has 118 heavy (non-hydrogen) atoms. The zero-order valence-electron chi connectivity index (χ0n) is 77.4. The summed E-state index contributed by atoms with van der Waals surface area (Å²) in [5, 5.41) is 128. The van der Waals surface area contributed by atoms with Gasteiger partial charge in [0.1, 0.15) is 59.7 Å². The molecule has 0 aliphatic carbocycles. The molecular weight excluding hydrogens is 1530 g/mol. The van der Waals surface area contributed by atoms with Crippen LogP contribution in [0.4, 0.5) is 0 Å². The number of nitrogens with one attached hydrogen (secondary N) is 2. The Bertz CT molecular complexity index is 2930. The molecule has 6 aliphatic heterocycles. The van der Waals surface area contributed by atoms with Crippen LogP contribution in [0, 0.1) is 41.4 Å². The molecular formula is C86H165N5O27. The van der Waals surface area contributed by atoms with E-state index in [1.54, 1.807) is 90.0 Å². The predicted molar refractivity (Wildman–Crippen MR) is 444 cm³/mol. The minimum Gasteiger partial charge on any atom is -0.459 e. The van der Waals surface area contributed by atoms with Gasteiger partial charge in [-0.05, 0) is 183 Å². The average molecular weight is 1700 g/mol. The Hall–Kier alpha value is -2.47. The number of aliphatic hydroxyl groups is 11. The lowest BCUT2D eigenvalue weighted by atomic mass is 9.74. The van der Waals surface area contributed by atoms with Gasteiger partial charge < -0.3 is 143 Å². The SMILES string of the molecule is CCC(CO)NCCNC(CC)CO.CC[C@H]1OC(=O)[C@H](C)[C@@H](O[C@H]2C[C@@](C)(OC)[C@@H](O)[C@H](C)O2)[C@H](C)[C@@H](O[C@@H]2O[C@H](C)C[C@H](N(C)C)[C@H]2O)[C@](C)(O)C[C@@H](C)CN(C)[C@H](C)[C@@H](O)[C@]1(C)O.CC[C@H]1OC(=O)[C@H](C)[C@@H](O[C@H]2C[C@@](C)(OC)[C@@H](O)[C@H](C)O2)[C@H](C)[C@@H](O[C@@H]2O[C@H](C)C[C@H](N(C)C)[C@H]2O)[C@](C)(OC)C[C@@H](C)C(=O)[C@H](C)[C@@H](O)[C@]1(C)O. The summed E-state index contributed by atoms with van der Waals surface area (Å²) in [5.74, 6) is -7.05. The fourth-order valence-electron chi connectivity index (χ4n) is 18.6. The number of hydrogen-bond acceptors (Lipinski definition) is 32. The molecule has 6 rings (SSSR count). The molecule has 0 aromatic carbocycles. The molecule has 32 heteroatoms. The van der Waals surface area contributed by atoms with Gasteiger partial charge in [0.15, 0.2) is 25.2 Å². The third-order valence-electron chi connectivity index (χ3n) is 26.9. The molecule has 38 atom stereocenters. The van der Waals surface area contributed by atoms with Gasteiger partial charge in [-0.3, -0.25) is 14.4 Å². The first kappa shape index (κ1) is 108. The van der Waals surface area contributed by atoms with Crippen LogP contribution in [-0.2, 0) is 76.0 Å². The van der Waals surface area contributed by atoms with Crippen molar-refractivity contribution >= 4 is 17.7 Å². The summed E-state index contributed by atoms with van der Waals surface area (Å²) in [6, 6.07) is -0.691. The number of carbonyl (C=O) groups is 3. The summed E-state index contributed by atoms with van der Waals surface area (Å²) < 4.78 is 81.4. The van der Waals surface area contributed by atoms with Gasteiger partial charge in [0.05, 0.1) is 102 Å². The Labute approximate surface area is 706 Å². The normalized spacial score (nSPS) is 45.3. The molecule has 0 radical (unpaired) electrons. The van der Waals surface area contributed by atoms with Crippen LogP contribution >= 0.6 is 0 Å². The molecule has 6 fully saturated rings. The Morgan fingerprint density at radius 2 is 0.873 bits per heavy atom. The maximum atomic E-state index is 14.2. The minimum absolute atomic E-state index is 0.111. The first-order chi connectivity index (χ1) is 54.7. The number of aliphatic hydroxyl groups excluding tert-OH is 8. The summed E-state index contributed by atoms with van der Waals surface area (Å²) in [4.78, 5) is 48.1. The van der Waals surface area contributed by atoms with Gasteiger partial charge in [-0.2, -0.15) is 0 Å². The molecule has 13 N–H and O–H groups in total. The second-order valence-electron chi connectivity index (χ2n) is 37.3. The molecule has 2 unspecified atom stereocenters. The van der Waals surface area contributed by atoms with Crippen molar-refractivity contribution in [1.29, 1.82) is 0 Å². The molecule has 32 nitrogen and oxygen atoms in total. The highest BCUT2D eigenvalue weighted by atomic mass is 16.7. The summed E-state index contributed by atoms with van der Waals surface area (Å²) in [6.45, 7) is 41.2. The third-order valence-corrected chi connectivity index (χ3v) is 26.9. The van der Waals surface area contributed by atoms with E-state index in [2.05, 4.69) is 10.6 Å². The number of esters is 2. The zero-order valence-corrected chi connectivity index (χ0v) is 77.4. The van der Waals surface area contributed by atoms with Gasteiger partial charge in [-0.25, -0.2) is 0 Å². The van der Waals surface area contributed by atoms with Crippen LogP contribution in [-0.4, -0.2) is 365 Å². The number of cyclic esters (lactones) is 2. The van der Waals surface area contributed by atoms with Crippen molar-refractivity contribution in [3.05, 3.63) is 0 Å². The molecule has 0 bridgehead atoms. The zero-order chi connectivity index (χ0) is 90.2. The van der Waals surface area contributed by atoms with Gasteiger partial charge in [-0.15, -0.1) is 0 Å². The van der Waals surface area contributed by atoms with Crippen molar-refractivity contribution in [3.63, 3.8) is 0 Å². The van der Waals surface area contributed by atoms with E-state index in [4.69, 9.17) is 71.8 Å². The maximum Gasteiger partial charge on any atom is 0.311 e. The fourth-order valence-corrected chi connectivity index (χ4v) is 18.6. The van der Waals surface area contributed by atoms with Gasteiger partial charge in [0, 0.05) is 108 Å². The van der Waals surface area contributed by atoms with Gasteiger partial charge >= 0.3 is 11.9 Å². The quantitative estimate of drug-likeness (QED) is 0.0479. The van der Waals surface area contributed by atoms with Gasteiger partial charge in [0.25, 0.3) is 0 Å². The van der Waals surface area contributed by atoms with Crippen LogP contribution in [0.1, 0.15) is 217 Å². The molecule has 696 valence electrons.